The largest absolute Gasteiger partial charge is 0.334 e. The van der Waals surface area contributed by atoms with Gasteiger partial charge in [0.05, 0.1) is 24.3 Å². The van der Waals surface area contributed by atoms with Crippen molar-refractivity contribution in [3.8, 4) is 11.8 Å². The zero-order valence-electron chi connectivity index (χ0n) is 11.0. The van der Waals surface area contributed by atoms with E-state index in [-0.39, 0.29) is 5.91 Å². The fourth-order valence-corrected chi connectivity index (χ4v) is 2.12. The van der Waals surface area contributed by atoms with E-state index in [9.17, 15) is 4.79 Å². The third-order valence-corrected chi connectivity index (χ3v) is 3.18. The second-order valence-corrected chi connectivity index (χ2v) is 4.80. The zero-order chi connectivity index (χ0) is 14.4. The van der Waals surface area contributed by atoms with Gasteiger partial charge in [0.25, 0.3) is 5.91 Å². The Morgan fingerprint density at radius 3 is 2.90 bits per heavy atom. The highest BCUT2D eigenvalue weighted by Gasteiger charge is 2.13. The number of carbonyl (C=O) groups excluding carboxylic acids is 1. The molecule has 2 N–H and O–H groups in total. The highest BCUT2D eigenvalue weighted by molar-refractivity contribution is 7.07. The second kappa shape index (κ2) is 6.80. The molecule has 2 aromatic heterocycles. The number of rotatable bonds is 3. The van der Waals surface area contributed by atoms with Crippen LogP contribution in [0.5, 0.6) is 0 Å². The van der Waals surface area contributed by atoms with Crippen LogP contribution in [-0.2, 0) is 6.54 Å². The van der Waals surface area contributed by atoms with E-state index in [1.54, 1.807) is 35.8 Å². The van der Waals surface area contributed by atoms with Gasteiger partial charge in [-0.15, -0.1) is 11.3 Å². The lowest BCUT2D eigenvalue weighted by atomic mass is 10.2. The average molecular weight is 286 g/mol. The fourth-order valence-electron chi connectivity index (χ4n) is 1.57. The molecule has 102 valence electrons. The van der Waals surface area contributed by atoms with Crippen molar-refractivity contribution >= 4 is 17.2 Å². The van der Waals surface area contributed by atoms with Crippen molar-refractivity contribution in [2.45, 2.75) is 6.54 Å². The Morgan fingerprint density at radius 2 is 2.30 bits per heavy atom. The first-order valence-electron chi connectivity index (χ1n) is 5.98. The molecule has 0 saturated heterocycles. The number of carbonyl (C=O) groups is 1. The van der Waals surface area contributed by atoms with Crippen molar-refractivity contribution in [1.29, 1.82) is 0 Å². The topological polar surface area (TPSA) is 72.1 Å². The van der Waals surface area contributed by atoms with Gasteiger partial charge >= 0.3 is 0 Å². The number of aromatic nitrogens is 2. The lowest BCUT2D eigenvalue weighted by molar-refractivity contribution is 0.0778. The molecule has 2 aromatic rings. The summed E-state index contributed by atoms with van der Waals surface area (Å²) >= 11 is 1.51. The van der Waals surface area contributed by atoms with Crippen LogP contribution < -0.4 is 5.73 Å². The standard InChI is InChI=1S/C14H14N4OS/c1-18(8-12-9-20-10-17-12)14(19)13-5-4-11(7-16-13)3-2-6-15/h4-5,7,9-10H,6,8,15H2,1H3. The Hall–Kier alpha value is -2.23. The van der Waals surface area contributed by atoms with Gasteiger partial charge in [0.1, 0.15) is 5.69 Å². The normalized spacial score (nSPS) is 9.70. The Morgan fingerprint density at radius 1 is 1.45 bits per heavy atom. The van der Waals surface area contributed by atoms with Gasteiger partial charge in [-0.2, -0.15) is 0 Å². The third kappa shape index (κ3) is 3.63. The van der Waals surface area contributed by atoms with Crippen molar-refractivity contribution in [2.24, 2.45) is 5.73 Å². The quantitative estimate of drug-likeness (QED) is 0.858. The molecule has 0 bridgehead atoms. The summed E-state index contributed by atoms with van der Waals surface area (Å²) in [5.74, 6) is 5.46. The van der Waals surface area contributed by atoms with Crippen LogP contribution in [0.1, 0.15) is 21.7 Å². The molecular formula is C14H14N4OS. The number of nitrogens with two attached hydrogens (primary N) is 1. The van der Waals surface area contributed by atoms with Crippen LogP contribution in [0, 0.1) is 11.8 Å². The molecule has 0 spiro atoms. The molecule has 0 unspecified atom stereocenters. The summed E-state index contributed by atoms with van der Waals surface area (Å²) in [5, 5.41) is 1.92. The maximum absolute atomic E-state index is 12.2. The van der Waals surface area contributed by atoms with Crippen molar-refractivity contribution in [3.05, 3.63) is 46.2 Å². The maximum atomic E-state index is 12.2. The van der Waals surface area contributed by atoms with Crippen LogP contribution in [0.2, 0.25) is 0 Å². The molecule has 20 heavy (non-hydrogen) atoms. The van der Waals surface area contributed by atoms with Crippen molar-refractivity contribution < 1.29 is 4.79 Å². The summed E-state index contributed by atoms with van der Waals surface area (Å²) in [7, 11) is 1.73. The number of amides is 1. The van der Waals surface area contributed by atoms with Crippen LogP contribution in [-0.4, -0.2) is 34.4 Å². The summed E-state index contributed by atoms with van der Waals surface area (Å²) in [6, 6.07) is 3.43. The van der Waals surface area contributed by atoms with Gasteiger partial charge in [0, 0.05) is 24.2 Å². The molecule has 0 aliphatic heterocycles. The number of hydrogen-bond acceptors (Lipinski definition) is 5. The van der Waals surface area contributed by atoms with Gasteiger partial charge in [-0.25, -0.2) is 9.97 Å². The Labute approximate surface area is 121 Å². The number of nitrogens with zero attached hydrogens (tertiary/aromatic N) is 3. The first kappa shape index (κ1) is 14.2. The molecule has 2 rings (SSSR count). The Bertz CT molecular complexity index is 625. The zero-order valence-corrected chi connectivity index (χ0v) is 11.9. The average Bonchev–Trinajstić information content (AvgIpc) is 2.97. The van der Waals surface area contributed by atoms with Gasteiger partial charge in [-0.05, 0) is 12.1 Å². The molecule has 6 heteroatoms. The predicted molar refractivity (Wildman–Crippen MR) is 78.1 cm³/mol. The molecule has 0 saturated carbocycles. The van der Waals surface area contributed by atoms with Gasteiger partial charge in [0.2, 0.25) is 0 Å². The molecular weight excluding hydrogens is 272 g/mol. The molecule has 1 amide bonds. The van der Waals surface area contributed by atoms with E-state index >= 15 is 0 Å². The molecule has 0 fully saturated rings. The minimum absolute atomic E-state index is 0.142. The van der Waals surface area contributed by atoms with Gasteiger partial charge < -0.3 is 10.6 Å². The summed E-state index contributed by atoms with van der Waals surface area (Å²) in [5.41, 5.74) is 9.05. The van der Waals surface area contributed by atoms with Crippen molar-refractivity contribution in [2.75, 3.05) is 13.6 Å². The molecule has 5 nitrogen and oxygen atoms in total. The molecule has 0 aromatic carbocycles. The van der Waals surface area contributed by atoms with Crippen molar-refractivity contribution in [1.82, 2.24) is 14.9 Å². The van der Waals surface area contributed by atoms with E-state index in [2.05, 4.69) is 21.8 Å². The van der Waals surface area contributed by atoms with E-state index in [1.807, 2.05) is 5.38 Å². The van der Waals surface area contributed by atoms with E-state index in [4.69, 9.17) is 5.73 Å². The smallest absolute Gasteiger partial charge is 0.272 e. The van der Waals surface area contributed by atoms with Gasteiger partial charge in [-0.1, -0.05) is 11.8 Å². The highest BCUT2D eigenvalue weighted by atomic mass is 32.1. The van der Waals surface area contributed by atoms with Crippen LogP contribution in [0.3, 0.4) is 0 Å². The molecule has 0 aliphatic rings. The van der Waals surface area contributed by atoms with Crippen LogP contribution in [0.4, 0.5) is 0 Å². The van der Waals surface area contributed by atoms with Crippen molar-refractivity contribution in [3.63, 3.8) is 0 Å². The first-order chi connectivity index (χ1) is 9.70. The van der Waals surface area contributed by atoms with Crippen LogP contribution >= 0.6 is 11.3 Å². The Balaban J connectivity index is 2.05. The van der Waals surface area contributed by atoms with E-state index < -0.39 is 0 Å². The summed E-state index contributed by atoms with van der Waals surface area (Å²) in [4.78, 5) is 22.0. The predicted octanol–water partition coefficient (Wildman–Crippen LogP) is 1.12. The highest BCUT2D eigenvalue weighted by Crippen LogP contribution is 2.08. The van der Waals surface area contributed by atoms with E-state index in [0.717, 1.165) is 11.3 Å². The minimum atomic E-state index is -0.142. The second-order valence-electron chi connectivity index (χ2n) is 4.08. The van der Waals surface area contributed by atoms with Gasteiger partial charge in [0.15, 0.2) is 0 Å². The molecule has 2 heterocycles. The lowest BCUT2D eigenvalue weighted by Crippen LogP contribution is -2.27. The van der Waals surface area contributed by atoms with E-state index in [1.165, 1.54) is 11.3 Å². The number of pyridine rings is 1. The third-order valence-electron chi connectivity index (χ3n) is 2.55. The van der Waals surface area contributed by atoms with Crippen LogP contribution in [0.15, 0.2) is 29.2 Å². The molecule has 0 atom stereocenters. The van der Waals surface area contributed by atoms with E-state index in [0.29, 0.717) is 18.8 Å². The summed E-state index contributed by atoms with van der Waals surface area (Å²) in [6.45, 7) is 0.774. The Kier molecular flexibility index (Phi) is 4.82. The summed E-state index contributed by atoms with van der Waals surface area (Å²) < 4.78 is 0. The summed E-state index contributed by atoms with van der Waals surface area (Å²) in [6.07, 6.45) is 1.58. The maximum Gasteiger partial charge on any atom is 0.272 e. The monoisotopic (exact) mass is 286 g/mol. The molecule has 0 aliphatic carbocycles. The minimum Gasteiger partial charge on any atom is -0.334 e. The molecule has 0 radical (unpaired) electrons. The lowest BCUT2D eigenvalue weighted by Gasteiger charge is -2.15. The number of thiazole rings is 1. The first-order valence-corrected chi connectivity index (χ1v) is 6.92. The number of hydrogen-bond donors (Lipinski definition) is 1. The van der Waals surface area contributed by atoms with Crippen LogP contribution in [0.25, 0.3) is 0 Å². The van der Waals surface area contributed by atoms with Gasteiger partial charge in [-0.3, -0.25) is 4.79 Å². The SMILES string of the molecule is CN(Cc1cscn1)C(=O)c1ccc(C#CCN)cn1. The fraction of sp³-hybridized carbons (Fsp3) is 0.214.